The molecule has 1 fully saturated rings. The average Bonchev–Trinajstić information content (AvgIpc) is 1.53. The Labute approximate surface area is 572 Å². The fourth-order valence-electron chi connectivity index (χ4n) is 15.9. The number of halogens is 2. The molecule has 2 unspecified atom stereocenters. The Morgan fingerprint density at radius 3 is 0.917 bits per heavy atom. The minimum atomic E-state index is -0.432. The van der Waals surface area contributed by atoms with Gasteiger partial charge in [-0.3, -0.25) is 0 Å². The molecule has 1 aliphatic rings. The fourth-order valence-corrected chi connectivity index (χ4v) is 15.9. The van der Waals surface area contributed by atoms with Crippen molar-refractivity contribution in [3.63, 3.8) is 0 Å². The molecule has 0 bridgehead atoms. The minimum absolute atomic E-state index is 0.0325. The summed E-state index contributed by atoms with van der Waals surface area (Å²) in [7, 11) is 0. The molecule has 96 heavy (non-hydrogen) atoms. The monoisotopic (exact) mass is 1290 g/mol. The molecule has 1 saturated carbocycles. The number of hydrogen-bond donors (Lipinski definition) is 2. The Morgan fingerprint density at radius 1 is 0.354 bits per heavy atom. The number of rotatable bonds is 14. The molecule has 2 N–H and O–H groups in total. The van der Waals surface area contributed by atoms with Gasteiger partial charge in [0.25, 0.3) is 0 Å². The molecule has 8 aromatic carbocycles. The van der Waals surface area contributed by atoms with E-state index < -0.39 is 11.6 Å². The molecule has 10 aromatic rings. The van der Waals surface area contributed by atoms with Crippen molar-refractivity contribution < 1.29 is 28.5 Å². The van der Waals surface area contributed by atoms with Gasteiger partial charge < -0.3 is 28.8 Å². The van der Waals surface area contributed by atoms with Crippen LogP contribution >= 0.6 is 0 Å². The van der Waals surface area contributed by atoms with Crippen molar-refractivity contribution in [2.45, 2.75) is 223 Å². The van der Waals surface area contributed by atoms with Gasteiger partial charge in [0.2, 0.25) is 0 Å². The van der Waals surface area contributed by atoms with Gasteiger partial charge in [-0.1, -0.05) is 189 Å². The summed E-state index contributed by atoms with van der Waals surface area (Å²) < 4.78 is 50.8. The zero-order valence-electron chi connectivity index (χ0n) is 61.9. The Balaban J connectivity index is 0.978. The largest absolute Gasteiger partial charge is 0.505 e. The van der Waals surface area contributed by atoms with Gasteiger partial charge in [0, 0.05) is 43.8 Å². The molecule has 2 aromatic heterocycles. The van der Waals surface area contributed by atoms with Gasteiger partial charge in [-0.25, -0.2) is 8.78 Å². The Morgan fingerprint density at radius 2 is 0.646 bits per heavy atom. The first-order valence-electron chi connectivity index (χ1n) is 35.3. The fraction of sp³-hybridized carbons (Fsp3) is 0.455. The summed E-state index contributed by atoms with van der Waals surface area (Å²) in [5.74, 6) is 0.273. The molecule has 0 spiro atoms. The molecule has 2 atom stereocenters. The summed E-state index contributed by atoms with van der Waals surface area (Å²) >= 11 is 0. The first kappa shape index (κ1) is 69.8. The van der Waals surface area contributed by atoms with Crippen molar-refractivity contribution in [1.29, 1.82) is 0 Å². The summed E-state index contributed by atoms with van der Waals surface area (Å²) in [6, 6.07) is 44.6. The van der Waals surface area contributed by atoms with E-state index in [9.17, 15) is 10.2 Å². The topological polar surface area (TPSA) is 68.8 Å². The zero-order chi connectivity index (χ0) is 69.9. The molecule has 8 heteroatoms. The maximum Gasteiger partial charge on any atom is 0.147 e. The van der Waals surface area contributed by atoms with Gasteiger partial charge in [-0.15, -0.1) is 0 Å². The van der Waals surface area contributed by atoms with Crippen LogP contribution in [0.4, 0.5) is 8.78 Å². The van der Waals surface area contributed by atoms with E-state index in [2.05, 4.69) is 259 Å². The van der Waals surface area contributed by atoms with Crippen LogP contribution in [0.2, 0.25) is 0 Å². The van der Waals surface area contributed by atoms with Crippen molar-refractivity contribution in [3.8, 4) is 56.6 Å². The van der Waals surface area contributed by atoms with Crippen molar-refractivity contribution in [2.75, 3.05) is 13.2 Å². The second kappa shape index (κ2) is 24.7. The van der Waals surface area contributed by atoms with Crippen LogP contribution in [0, 0.1) is 34.3 Å². The molecule has 0 radical (unpaired) electrons. The number of phenolic OH excluding ortho intramolecular Hbond substituents is 2. The van der Waals surface area contributed by atoms with Gasteiger partial charge in [-0.05, 0) is 223 Å². The van der Waals surface area contributed by atoms with Crippen LogP contribution in [-0.2, 0) is 32.5 Å². The molecule has 2 heterocycles. The second-order valence-electron chi connectivity index (χ2n) is 36.3. The third kappa shape index (κ3) is 14.1. The summed E-state index contributed by atoms with van der Waals surface area (Å²) in [4.78, 5) is 0. The number of aromatic nitrogens is 2. The van der Waals surface area contributed by atoms with Gasteiger partial charge in [0.1, 0.15) is 34.6 Å². The summed E-state index contributed by atoms with van der Waals surface area (Å²) in [5, 5.41) is 30.8. The van der Waals surface area contributed by atoms with Crippen LogP contribution in [0.3, 0.4) is 0 Å². The van der Waals surface area contributed by atoms with Crippen LogP contribution < -0.4 is 9.47 Å². The molecular weight excluding hydrogens is 1190 g/mol. The van der Waals surface area contributed by atoms with Crippen LogP contribution in [0.15, 0.2) is 133 Å². The van der Waals surface area contributed by atoms with E-state index in [1.807, 2.05) is 0 Å². The molecule has 6 nitrogen and oxygen atoms in total. The minimum Gasteiger partial charge on any atom is -0.505 e. The number of nitrogens with zero attached hydrogens (tertiary/aromatic N) is 2. The van der Waals surface area contributed by atoms with Gasteiger partial charge in [0.15, 0.2) is 0 Å². The highest BCUT2D eigenvalue weighted by atomic mass is 19.1. The Hall–Kier alpha value is -7.58. The number of ether oxygens (including phenoxy) is 2. The van der Waals surface area contributed by atoms with Gasteiger partial charge in [-0.2, -0.15) is 0 Å². The van der Waals surface area contributed by atoms with Crippen molar-refractivity contribution >= 4 is 43.6 Å². The molecular formula is C88H108F2N2O4. The Bertz CT molecular complexity index is 4170. The van der Waals surface area contributed by atoms with Crippen molar-refractivity contribution in [3.05, 3.63) is 178 Å². The maximum absolute atomic E-state index is 16.2. The van der Waals surface area contributed by atoms with E-state index in [-0.39, 0.29) is 66.7 Å². The SMILES string of the molecule is CC(C)(C)CC(C)(C)c1cc(-c2cc(F)ccc2OCC2CCCCC2COc2ccc(F)cc2-c2cc(C(C)(C)CC(C)(C)C)cc(-n3c4ccc(C(C)(C)C)cc4c4cc(C(C)(C)C)ccc43)c2O)c(O)c(-n2c3ccc(C(C)(C)C)cc3c3cc(C(C)(C)C)ccc32)c1. The van der Waals surface area contributed by atoms with E-state index in [0.29, 0.717) is 58.3 Å². The van der Waals surface area contributed by atoms with Gasteiger partial charge in [0.05, 0.1) is 46.7 Å². The van der Waals surface area contributed by atoms with Gasteiger partial charge >= 0.3 is 0 Å². The predicted octanol–water partition coefficient (Wildman–Crippen LogP) is 24.8. The van der Waals surface area contributed by atoms with Crippen LogP contribution in [0.25, 0.3) is 77.2 Å². The summed E-state index contributed by atoms with van der Waals surface area (Å²) in [6.45, 7) is 50.2. The lowest BCUT2D eigenvalue weighted by Crippen LogP contribution is -2.30. The maximum atomic E-state index is 16.2. The highest BCUT2D eigenvalue weighted by Crippen LogP contribution is 2.51. The van der Waals surface area contributed by atoms with E-state index >= 15 is 8.78 Å². The highest BCUT2D eigenvalue weighted by molar-refractivity contribution is 6.11. The highest BCUT2D eigenvalue weighted by Gasteiger charge is 2.35. The number of fused-ring (bicyclic) bond motifs is 6. The summed E-state index contributed by atoms with van der Waals surface area (Å²) in [6.07, 6.45) is 5.49. The van der Waals surface area contributed by atoms with E-state index in [1.54, 1.807) is 12.1 Å². The first-order valence-corrected chi connectivity index (χ1v) is 35.3. The molecule has 0 saturated heterocycles. The van der Waals surface area contributed by atoms with Crippen LogP contribution in [0.5, 0.6) is 23.0 Å². The smallest absolute Gasteiger partial charge is 0.147 e. The number of benzene rings is 8. The lowest BCUT2D eigenvalue weighted by atomic mass is 9.71. The summed E-state index contributed by atoms with van der Waals surface area (Å²) in [5.41, 5.74) is 12.8. The molecule has 0 aliphatic heterocycles. The lowest BCUT2D eigenvalue weighted by Gasteiger charge is -2.34. The first-order chi connectivity index (χ1) is 44.5. The molecule has 508 valence electrons. The molecule has 0 amide bonds. The average molecular weight is 1300 g/mol. The van der Waals surface area contributed by atoms with E-state index in [4.69, 9.17) is 9.47 Å². The third-order valence-corrected chi connectivity index (χ3v) is 20.6. The van der Waals surface area contributed by atoms with Crippen molar-refractivity contribution in [2.24, 2.45) is 22.7 Å². The normalized spacial score (nSPS) is 15.8. The number of aromatic hydroxyl groups is 2. The standard InChI is InChI=1S/C88H108F2N2O4/c1-81(2,3)51-87(19,20)59-43-69(79(93)75(45-59)91-71-33-27-55(83(7,8)9)39-63(71)64-40-56(84(10,11)12)28-34-72(64)91)67-47-61(89)31-37-77(67)95-49-53-25-23-24-26-54(53)50-96-78-38-32-62(90)48-68(78)70-44-60(88(21,22)52-82(4,5)6)46-76(80(70)94)92-73-35-29-57(85(13,14)15)41-65(73)66-42-58(86(16,17)18)30-36-74(66)92/h27-48,53-54,93-94H,23-26,49-52H2,1-22H3. The van der Waals surface area contributed by atoms with Crippen LogP contribution in [0.1, 0.15) is 224 Å². The Kier molecular flexibility index (Phi) is 18.0. The number of phenols is 2. The van der Waals surface area contributed by atoms with E-state index in [1.165, 1.54) is 46.5 Å². The van der Waals surface area contributed by atoms with Crippen molar-refractivity contribution in [1.82, 2.24) is 9.13 Å². The lowest BCUT2D eigenvalue weighted by molar-refractivity contribution is 0.105. The predicted molar refractivity (Wildman–Crippen MR) is 401 cm³/mol. The zero-order valence-corrected chi connectivity index (χ0v) is 61.9. The molecule has 1 aliphatic carbocycles. The van der Waals surface area contributed by atoms with E-state index in [0.717, 1.165) is 93.3 Å². The second-order valence-corrected chi connectivity index (χ2v) is 36.3. The number of hydrogen-bond acceptors (Lipinski definition) is 4. The third-order valence-electron chi connectivity index (χ3n) is 20.6. The molecule has 11 rings (SSSR count). The van der Waals surface area contributed by atoms with Crippen LogP contribution in [-0.4, -0.2) is 32.6 Å². The quantitative estimate of drug-likeness (QED) is 0.114.